The average Bonchev–Trinajstić information content (AvgIpc) is 3.42. The number of thiophene rings is 1. The smallest absolute Gasteiger partial charge is 0.272 e. The van der Waals surface area contributed by atoms with Gasteiger partial charge in [-0.3, -0.25) is 9.59 Å². The minimum absolute atomic E-state index is 0.322. The van der Waals surface area contributed by atoms with Crippen molar-refractivity contribution in [2.24, 2.45) is 0 Å². The number of furan rings is 1. The zero-order chi connectivity index (χ0) is 18.8. The quantitative estimate of drug-likeness (QED) is 0.571. The highest BCUT2D eigenvalue weighted by molar-refractivity contribution is 8.03. The van der Waals surface area contributed by atoms with Gasteiger partial charge in [0.2, 0.25) is 0 Å². The highest BCUT2D eigenvalue weighted by atomic mass is 32.2. The first kappa shape index (κ1) is 17.6. The van der Waals surface area contributed by atoms with Gasteiger partial charge in [0.05, 0.1) is 35.3 Å². The highest BCUT2D eigenvalue weighted by Crippen LogP contribution is 2.41. The van der Waals surface area contributed by atoms with Gasteiger partial charge in [0, 0.05) is 10.9 Å². The number of methoxy groups -OCH3 is 1. The van der Waals surface area contributed by atoms with E-state index in [1.54, 1.807) is 43.7 Å². The fraction of sp³-hybridized carbons (Fsp3) is 0.100. The predicted molar refractivity (Wildman–Crippen MR) is 107 cm³/mol. The molecule has 1 aromatic carbocycles. The third-order valence-corrected chi connectivity index (χ3v) is 6.04. The predicted octanol–water partition coefficient (Wildman–Crippen LogP) is 4.57. The number of carbonyl (C=O) groups excluding carboxylic acids is 2. The number of hydrogen-bond donors (Lipinski definition) is 0. The number of anilines is 1. The molecule has 0 spiro atoms. The summed E-state index contributed by atoms with van der Waals surface area (Å²) in [5.41, 5.74) is 0.932. The van der Waals surface area contributed by atoms with E-state index in [1.807, 2.05) is 23.6 Å². The number of ether oxygens (including phenoxy) is 1. The van der Waals surface area contributed by atoms with Crippen LogP contribution in [0.1, 0.15) is 10.6 Å². The zero-order valence-electron chi connectivity index (χ0n) is 14.4. The van der Waals surface area contributed by atoms with Crippen molar-refractivity contribution in [2.45, 2.75) is 5.75 Å². The minimum Gasteiger partial charge on any atom is -0.497 e. The molecule has 0 radical (unpaired) electrons. The molecule has 0 bridgehead atoms. The SMILES string of the molecule is COc1cccc(N2C(=O)C(SCc3ccco3)=C(c3cccs3)C2=O)c1. The van der Waals surface area contributed by atoms with Crippen LogP contribution in [0.4, 0.5) is 5.69 Å². The van der Waals surface area contributed by atoms with Gasteiger partial charge in [0.15, 0.2) is 0 Å². The molecule has 5 nitrogen and oxygen atoms in total. The molecule has 0 N–H and O–H groups in total. The van der Waals surface area contributed by atoms with E-state index in [-0.39, 0.29) is 11.8 Å². The summed E-state index contributed by atoms with van der Waals surface area (Å²) in [6.07, 6.45) is 1.59. The first-order valence-electron chi connectivity index (χ1n) is 8.15. The molecule has 3 aromatic rings. The maximum atomic E-state index is 13.2. The van der Waals surface area contributed by atoms with Crippen molar-refractivity contribution in [3.8, 4) is 5.75 Å². The fourth-order valence-corrected chi connectivity index (χ4v) is 4.64. The Hall–Kier alpha value is -2.77. The number of benzene rings is 1. The Morgan fingerprint density at radius 3 is 2.70 bits per heavy atom. The van der Waals surface area contributed by atoms with Gasteiger partial charge < -0.3 is 9.15 Å². The summed E-state index contributed by atoms with van der Waals surface area (Å²) < 4.78 is 10.6. The van der Waals surface area contributed by atoms with Crippen LogP contribution >= 0.6 is 23.1 Å². The Morgan fingerprint density at radius 2 is 2.00 bits per heavy atom. The zero-order valence-corrected chi connectivity index (χ0v) is 16.0. The van der Waals surface area contributed by atoms with Crippen LogP contribution in [0.2, 0.25) is 0 Å². The monoisotopic (exact) mass is 397 g/mol. The van der Waals surface area contributed by atoms with Gasteiger partial charge in [0.1, 0.15) is 11.5 Å². The number of rotatable bonds is 6. The number of amides is 2. The Morgan fingerprint density at radius 1 is 1.11 bits per heavy atom. The molecular weight excluding hydrogens is 382 g/mol. The lowest BCUT2D eigenvalue weighted by molar-refractivity contribution is -0.119. The van der Waals surface area contributed by atoms with Gasteiger partial charge in [-0.05, 0) is 35.7 Å². The van der Waals surface area contributed by atoms with Crippen LogP contribution in [0.25, 0.3) is 5.57 Å². The summed E-state index contributed by atoms with van der Waals surface area (Å²) in [4.78, 5) is 28.7. The second-order valence-corrected chi connectivity index (χ2v) is 7.63. The van der Waals surface area contributed by atoms with Crippen molar-refractivity contribution in [3.63, 3.8) is 0 Å². The molecule has 4 rings (SSSR count). The molecule has 0 saturated heterocycles. The molecule has 136 valence electrons. The molecule has 0 saturated carbocycles. The van der Waals surface area contributed by atoms with E-state index in [1.165, 1.54) is 28.0 Å². The highest BCUT2D eigenvalue weighted by Gasteiger charge is 2.40. The van der Waals surface area contributed by atoms with Crippen LogP contribution in [0.5, 0.6) is 5.75 Å². The van der Waals surface area contributed by atoms with Crippen LogP contribution in [0, 0.1) is 0 Å². The number of carbonyl (C=O) groups is 2. The van der Waals surface area contributed by atoms with Crippen LogP contribution in [0.3, 0.4) is 0 Å². The summed E-state index contributed by atoms with van der Waals surface area (Å²) in [6.45, 7) is 0. The molecule has 1 aliphatic heterocycles. The van der Waals surface area contributed by atoms with Gasteiger partial charge in [-0.25, -0.2) is 4.90 Å². The molecule has 0 atom stereocenters. The number of nitrogens with zero attached hydrogens (tertiary/aromatic N) is 1. The molecule has 7 heteroatoms. The lowest BCUT2D eigenvalue weighted by Gasteiger charge is -2.15. The van der Waals surface area contributed by atoms with E-state index in [0.717, 1.165) is 10.6 Å². The lowest BCUT2D eigenvalue weighted by atomic mass is 10.2. The van der Waals surface area contributed by atoms with Gasteiger partial charge in [0.25, 0.3) is 11.8 Å². The third kappa shape index (κ3) is 3.31. The van der Waals surface area contributed by atoms with Crippen LogP contribution in [-0.4, -0.2) is 18.9 Å². The Bertz CT molecular complexity index is 1010. The summed E-state index contributed by atoms with van der Waals surface area (Å²) in [5, 5.41) is 1.89. The van der Waals surface area contributed by atoms with Gasteiger partial charge in [-0.2, -0.15) is 0 Å². The van der Waals surface area contributed by atoms with Crippen LogP contribution < -0.4 is 9.64 Å². The van der Waals surface area contributed by atoms with E-state index >= 15 is 0 Å². The topological polar surface area (TPSA) is 59.8 Å². The summed E-state index contributed by atoms with van der Waals surface area (Å²) in [7, 11) is 1.55. The van der Waals surface area contributed by atoms with Gasteiger partial charge in [-0.15, -0.1) is 23.1 Å². The van der Waals surface area contributed by atoms with Crippen molar-refractivity contribution < 1.29 is 18.7 Å². The molecule has 3 heterocycles. The lowest BCUT2D eigenvalue weighted by Crippen LogP contribution is -2.31. The van der Waals surface area contributed by atoms with Crippen LogP contribution in [-0.2, 0) is 15.3 Å². The largest absolute Gasteiger partial charge is 0.497 e. The Balaban J connectivity index is 1.72. The molecule has 27 heavy (non-hydrogen) atoms. The first-order chi connectivity index (χ1) is 13.2. The molecule has 0 fully saturated rings. The molecule has 2 amide bonds. The maximum Gasteiger partial charge on any atom is 0.272 e. The molecule has 0 aliphatic carbocycles. The van der Waals surface area contributed by atoms with Crippen molar-refractivity contribution in [1.82, 2.24) is 0 Å². The van der Waals surface area contributed by atoms with Crippen molar-refractivity contribution in [1.29, 1.82) is 0 Å². The van der Waals surface area contributed by atoms with Gasteiger partial charge >= 0.3 is 0 Å². The van der Waals surface area contributed by atoms with E-state index in [2.05, 4.69) is 0 Å². The fourth-order valence-electron chi connectivity index (χ4n) is 2.80. The number of imide groups is 1. The average molecular weight is 397 g/mol. The first-order valence-corrected chi connectivity index (χ1v) is 10.0. The van der Waals surface area contributed by atoms with Gasteiger partial charge in [-0.1, -0.05) is 12.1 Å². The number of thioether (sulfide) groups is 1. The van der Waals surface area contributed by atoms with Crippen molar-refractivity contribution in [2.75, 3.05) is 12.0 Å². The molecule has 2 aromatic heterocycles. The van der Waals surface area contributed by atoms with E-state index < -0.39 is 0 Å². The summed E-state index contributed by atoms with van der Waals surface area (Å²) in [6, 6.07) is 14.3. The van der Waals surface area contributed by atoms with E-state index in [4.69, 9.17) is 9.15 Å². The maximum absolute atomic E-state index is 13.2. The Labute approximate surface area is 164 Å². The molecule has 0 unspecified atom stereocenters. The Kier molecular flexibility index (Phi) is 4.87. The van der Waals surface area contributed by atoms with Crippen molar-refractivity contribution >= 4 is 46.2 Å². The normalized spacial score (nSPS) is 14.3. The molecule has 1 aliphatic rings. The second kappa shape index (κ2) is 7.46. The van der Waals surface area contributed by atoms with Crippen molar-refractivity contribution in [3.05, 3.63) is 75.7 Å². The third-order valence-electron chi connectivity index (χ3n) is 4.06. The summed E-state index contributed by atoms with van der Waals surface area (Å²) >= 11 is 2.76. The van der Waals surface area contributed by atoms with Crippen LogP contribution in [0.15, 0.2) is 69.5 Å². The second-order valence-electron chi connectivity index (χ2n) is 5.70. The van der Waals surface area contributed by atoms with E-state index in [9.17, 15) is 9.59 Å². The standard InChI is InChI=1S/C20H15NO4S2/c1-24-14-6-2-5-13(11-14)21-19(22)17(16-8-4-10-26-16)18(20(21)23)27-12-15-7-3-9-25-15/h2-11H,12H2,1H3. The molecular formula is C20H15NO4S2. The van der Waals surface area contributed by atoms with E-state index in [0.29, 0.717) is 27.7 Å². The number of hydrogen-bond acceptors (Lipinski definition) is 6. The minimum atomic E-state index is -0.326. The summed E-state index contributed by atoms with van der Waals surface area (Å²) in [5.74, 6) is 1.16.